The van der Waals surface area contributed by atoms with Crippen molar-refractivity contribution in [2.45, 2.75) is 18.5 Å². The molecule has 7 heteroatoms. The van der Waals surface area contributed by atoms with Gasteiger partial charge in [0, 0.05) is 19.0 Å². The molecule has 122 valence electrons. The number of carbonyl (C=O) groups is 1. The summed E-state index contributed by atoms with van der Waals surface area (Å²) in [6.45, 7) is 2.50. The van der Waals surface area contributed by atoms with Gasteiger partial charge in [-0.15, -0.1) is 10.2 Å². The van der Waals surface area contributed by atoms with Crippen LogP contribution in [0.4, 0.5) is 0 Å². The van der Waals surface area contributed by atoms with E-state index in [1.165, 1.54) is 11.8 Å². The molecule has 0 spiro atoms. The fraction of sp³-hybridized carbons (Fsp3) is 0.294. The molecule has 0 saturated carbocycles. The van der Waals surface area contributed by atoms with Gasteiger partial charge in [0.05, 0.1) is 23.8 Å². The van der Waals surface area contributed by atoms with Crippen LogP contribution in [-0.2, 0) is 4.79 Å². The van der Waals surface area contributed by atoms with E-state index in [0.29, 0.717) is 18.1 Å². The Morgan fingerprint density at radius 3 is 2.96 bits per heavy atom. The van der Waals surface area contributed by atoms with Crippen molar-refractivity contribution in [2.24, 2.45) is 0 Å². The number of benzene rings is 1. The Hall–Kier alpha value is -2.59. The molecule has 0 fully saturated rings. The molecule has 0 radical (unpaired) electrons. The highest BCUT2D eigenvalue weighted by atomic mass is 32.2. The van der Waals surface area contributed by atoms with E-state index in [9.17, 15) is 4.79 Å². The van der Waals surface area contributed by atoms with Gasteiger partial charge in [-0.3, -0.25) is 9.20 Å². The van der Waals surface area contributed by atoms with Crippen LogP contribution in [0.2, 0.25) is 0 Å². The largest absolute Gasteiger partial charge is 0.344 e. The van der Waals surface area contributed by atoms with Crippen LogP contribution in [0, 0.1) is 18.3 Å². The van der Waals surface area contributed by atoms with E-state index in [1.54, 1.807) is 11.9 Å². The average Bonchev–Trinajstić information content (AvgIpc) is 3.00. The maximum absolute atomic E-state index is 12.1. The Kier molecular flexibility index (Phi) is 4.67. The third-order valence-electron chi connectivity index (χ3n) is 3.88. The van der Waals surface area contributed by atoms with Crippen molar-refractivity contribution >= 4 is 34.2 Å². The summed E-state index contributed by atoms with van der Waals surface area (Å²) in [5, 5.41) is 18.9. The van der Waals surface area contributed by atoms with Gasteiger partial charge in [-0.1, -0.05) is 30.0 Å². The standard InChI is InChI=1S/C17H17N5OS/c1-12-10-15-19-20-17(22(15)14-7-4-3-6-13(12)14)24-11-16(23)21(2)9-5-8-18/h3-4,6-7,10H,5,9,11H2,1-2H3. The lowest BCUT2D eigenvalue weighted by Crippen LogP contribution is -2.29. The van der Waals surface area contributed by atoms with Crippen LogP contribution in [0.1, 0.15) is 12.0 Å². The first-order chi connectivity index (χ1) is 11.6. The number of carbonyl (C=O) groups excluding carboxylic acids is 1. The van der Waals surface area contributed by atoms with Gasteiger partial charge < -0.3 is 4.90 Å². The predicted molar refractivity (Wildman–Crippen MR) is 93.8 cm³/mol. The number of thioether (sulfide) groups is 1. The lowest BCUT2D eigenvalue weighted by Gasteiger charge is -2.14. The summed E-state index contributed by atoms with van der Waals surface area (Å²) in [4.78, 5) is 13.7. The minimum absolute atomic E-state index is 0.0246. The SMILES string of the molecule is Cc1cc2nnc(SCC(=O)N(C)CCC#N)n2c2ccccc12. The monoisotopic (exact) mass is 339 g/mol. The highest BCUT2D eigenvalue weighted by Gasteiger charge is 2.14. The molecule has 0 aliphatic rings. The maximum atomic E-state index is 12.1. The number of pyridine rings is 1. The van der Waals surface area contributed by atoms with E-state index >= 15 is 0 Å². The van der Waals surface area contributed by atoms with Crippen LogP contribution < -0.4 is 0 Å². The number of amides is 1. The number of fused-ring (bicyclic) bond motifs is 3. The first kappa shape index (κ1) is 16.3. The molecule has 0 aliphatic carbocycles. The molecule has 2 heterocycles. The van der Waals surface area contributed by atoms with E-state index < -0.39 is 0 Å². The van der Waals surface area contributed by atoms with Crippen molar-refractivity contribution in [1.29, 1.82) is 5.26 Å². The first-order valence-corrected chi connectivity index (χ1v) is 8.57. The summed E-state index contributed by atoms with van der Waals surface area (Å²) in [5.74, 6) is 0.244. The van der Waals surface area contributed by atoms with Gasteiger partial charge in [-0.2, -0.15) is 5.26 Å². The summed E-state index contributed by atoms with van der Waals surface area (Å²) >= 11 is 1.36. The van der Waals surface area contributed by atoms with Crippen LogP contribution in [0.15, 0.2) is 35.5 Å². The van der Waals surface area contributed by atoms with Crippen LogP contribution in [0.25, 0.3) is 16.6 Å². The molecular weight excluding hydrogens is 322 g/mol. The van der Waals surface area contributed by atoms with Crippen LogP contribution >= 0.6 is 11.8 Å². The number of rotatable bonds is 5. The predicted octanol–water partition coefficient (Wildman–Crippen LogP) is 2.66. The number of nitriles is 1. The minimum Gasteiger partial charge on any atom is -0.344 e. The summed E-state index contributed by atoms with van der Waals surface area (Å²) in [6, 6.07) is 12.1. The second-order valence-electron chi connectivity index (χ2n) is 5.53. The number of aryl methyl sites for hydroxylation is 1. The van der Waals surface area contributed by atoms with Gasteiger partial charge in [0.25, 0.3) is 0 Å². The first-order valence-electron chi connectivity index (χ1n) is 7.59. The smallest absolute Gasteiger partial charge is 0.232 e. The zero-order valence-corrected chi connectivity index (χ0v) is 14.4. The summed E-state index contributed by atoms with van der Waals surface area (Å²) < 4.78 is 1.98. The minimum atomic E-state index is -0.0246. The number of hydrogen-bond donors (Lipinski definition) is 0. The number of nitrogens with zero attached hydrogens (tertiary/aromatic N) is 5. The molecule has 24 heavy (non-hydrogen) atoms. The molecule has 0 aliphatic heterocycles. The molecule has 2 aromatic heterocycles. The highest BCUT2D eigenvalue weighted by molar-refractivity contribution is 7.99. The van der Waals surface area contributed by atoms with Gasteiger partial charge in [0.15, 0.2) is 10.8 Å². The van der Waals surface area contributed by atoms with Crippen molar-refractivity contribution in [3.8, 4) is 6.07 Å². The lowest BCUT2D eigenvalue weighted by atomic mass is 10.1. The maximum Gasteiger partial charge on any atom is 0.232 e. The molecule has 1 aromatic carbocycles. The topological polar surface area (TPSA) is 74.3 Å². The van der Waals surface area contributed by atoms with Crippen LogP contribution in [-0.4, -0.2) is 44.8 Å². The van der Waals surface area contributed by atoms with Gasteiger partial charge in [-0.05, 0) is 24.6 Å². The van der Waals surface area contributed by atoms with Gasteiger partial charge in [0.2, 0.25) is 5.91 Å². The van der Waals surface area contributed by atoms with Gasteiger partial charge in [0.1, 0.15) is 0 Å². The van der Waals surface area contributed by atoms with Crippen molar-refractivity contribution in [1.82, 2.24) is 19.5 Å². The van der Waals surface area contributed by atoms with Crippen molar-refractivity contribution < 1.29 is 4.79 Å². The average molecular weight is 339 g/mol. The Morgan fingerprint density at radius 2 is 2.17 bits per heavy atom. The summed E-state index contributed by atoms with van der Waals surface area (Å²) in [7, 11) is 1.71. The second kappa shape index (κ2) is 6.89. The van der Waals surface area contributed by atoms with Crippen LogP contribution in [0.3, 0.4) is 0 Å². The molecule has 0 bridgehead atoms. The van der Waals surface area contributed by atoms with E-state index in [-0.39, 0.29) is 11.7 Å². The molecule has 0 atom stereocenters. The van der Waals surface area contributed by atoms with E-state index in [2.05, 4.69) is 23.2 Å². The molecule has 0 saturated heterocycles. The molecular formula is C17H17N5OS. The van der Waals surface area contributed by atoms with E-state index in [0.717, 1.165) is 22.1 Å². The Labute approximate surface area is 144 Å². The summed E-state index contributed by atoms with van der Waals surface area (Å²) in [6.07, 6.45) is 0.338. The Morgan fingerprint density at radius 1 is 1.38 bits per heavy atom. The zero-order chi connectivity index (χ0) is 17.1. The molecule has 0 unspecified atom stereocenters. The Balaban J connectivity index is 1.87. The van der Waals surface area contributed by atoms with Crippen molar-refractivity contribution in [2.75, 3.05) is 19.3 Å². The Bertz CT molecular complexity index is 943. The number of para-hydroxylation sites is 1. The van der Waals surface area contributed by atoms with Gasteiger partial charge >= 0.3 is 0 Å². The lowest BCUT2D eigenvalue weighted by molar-refractivity contribution is -0.127. The number of aromatic nitrogens is 3. The molecule has 6 nitrogen and oxygen atoms in total. The normalized spacial score (nSPS) is 10.9. The van der Waals surface area contributed by atoms with E-state index in [1.807, 2.05) is 34.7 Å². The number of hydrogen-bond acceptors (Lipinski definition) is 5. The van der Waals surface area contributed by atoms with Crippen molar-refractivity contribution in [3.63, 3.8) is 0 Å². The van der Waals surface area contributed by atoms with Gasteiger partial charge in [-0.25, -0.2) is 0 Å². The molecule has 0 N–H and O–H groups in total. The summed E-state index contributed by atoms with van der Waals surface area (Å²) in [5.41, 5.74) is 2.96. The van der Waals surface area contributed by atoms with Crippen molar-refractivity contribution in [3.05, 3.63) is 35.9 Å². The fourth-order valence-corrected chi connectivity index (χ4v) is 3.44. The zero-order valence-electron chi connectivity index (χ0n) is 13.6. The molecule has 3 rings (SSSR count). The highest BCUT2D eigenvalue weighted by Crippen LogP contribution is 2.25. The third-order valence-corrected chi connectivity index (χ3v) is 4.80. The third kappa shape index (κ3) is 3.05. The molecule has 1 amide bonds. The fourth-order valence-electron chi connectivity index (χ4n) is 2.55. The van der Waals surface area contributed by atoms with Crippen LogP contribution in [0.5, 0.6) is 0 Å². The molecule has 3 aromatic rings. The second-order valence-corrected chi connectivity index (χ2v) is 6.48. The van der Waals surface area contributed by atoms with E-state index in [4.69, 9.17) is 5.26 Å². The quantitative estimate of drug-likeness (QED) is 0.668.